The molecule has 1 saturated carbocycles. The van der Waals surface area contributed by atoms with Crippen molar-refractivity contribution in [1.82, 2.24) is 14.7 Å². The van der Waals surface area contributed by atoms with Crippen molar-refractivity contribution in [3.8, 4) is 11.4 Å². The summed E-state index contributed by atoms with van der Waals surface area (Å²) in [7, 11) is 0. The Hall–Kier alpha value is -1.62. The molecular weight excluding hydrogens is 228 g/mol. The molecular formula is C13H18N4O. The number of imidazole rings is 1. The van der Waals surface area contributed by atoms with E-state index in [0.29, 0.717) is 6.04 Å². The van der Waals surface area contributed by atoms with E-state index < -0.39 is 0 Å². The normalized spacial score (nSPS) is 17.0. The fraction of sp³-hybridized carbons (Fsp3) is 0.538. The van der Waals surface area contributed by atoms with Crippen molar-refractivity contribution < 1.29 is 4.52 Å². The standard InChI is InChI=1S/C13H18N4O/c1-2-3-10(14)13-6-11(16-18-13)12-7-15-8-17(12)9-4-5-9/h6-10H,2-5,14H2,1H3. The topological polar surface area (TPSA) is 69.9 Å². The highest BCUT2D eigenvalue weighted by Gasteiger charge is 2.26. The van der Waals surface area contributed by atoms with Crippen LogP contribution in [0.3, 0.4) is 0 Å². The summed E-state index contributed by atoms with van der Waals surface area (Å²) >= 11 is 0. The monoisotopic (exact) mass is 246 g/mol. The highest BCUT2D eigenvalue weighted by molar-refractivity contribution is 5.54. The van der Waals surface area contributed by atoms with E-state index in [2.05, 4.69) is 21.6 Å². The molecule has 2 heterocycles. The summed E-state index contributed by atoms with van der Waals surface area (Å²) in [6.07, 6.45) is 8.11. The lowest BCUT2D eigenvalue weighted by Crippen LogP contribution is -2.08. The minimum Gasteiger partial charge on any atom is -0.359 e. The predicted molar refractivity (Wildman–Crippen MR) is 67.8 cm³/mol. The van der Waals surface area contributed by atoms with Crippen LogP contribution >= 0.6 is 0 Å². The minimum atomic E-state index is -0.0615. The summed E-state index contributed by atoms with van der Waals surface area (Å²) in [5.41, 5.74) is 7.88. The van der Waals surface area contributed by atoms with E-state index in [4.69, 9.17) is 10.3 Å². The zero-order valence-corrected chi connectivity index (χ0v) is 10.5. The second kappa shape index (κ2) is 4.57. The summed E-state index contributed by atoms with van der Waals surface area (Å²) in [5.74, 6) is 0.760. The molecule has 1 fully saturated rings. The van der Waals surface area contributed by atoms with Gasteiger partial charge in [0.1, 0.15) is 5.69 Å². The molecule has 1 atom stereocenters. The van der Waals surface area contributed by atoms with Gasteiger partial charge in [-0.15, -0.1) is 0 Å². The number of rotatable bonds is 5. The van der Waals surface area contributed by atoms with Crippen LogP contribution in [-0.4, -0.2) is 14.7 Å². The van der Waals surface area contributed by atoms with Gasteiger partial charge < -0.3 is 14.8 Å². The molecule has 0 spiro atoms. The maximum absolute atomic E-state index is 6.03. The summed E-state index contributed by atoms with van der Waals surface area (Å²) in [4.78, 5) is 4.20. The molecule has 0 saturated heterocycles. The number of nitrogens with zero attached hydrogens (tertiary/aromatic N) is 3. The Morgan fingerprint density at radius 2 is 2.39 bits per heavy atom. The lowest BCUT2D eigenvalue weighted by Gasteiger charge is -2.04. The van der Waals surface area contributed by atoms with Gasteiger partial charge in [0.25, 0.3) is 0 Å². The van der Waals surface area contributed by atoms with Gasteiger partial charge in [0, 0.05) is 12.1 Å². The van der Waals surface area contributed by atoms with E-state index in [-0.39, 0.29) is 6.04 Å². The number of hydrogen-bond acceptors (Lipinski definition) is 4. The molecule has 5 heteroatoms. The molecule has 1 unspecified atom stereocenters. The van der Waals surface area contributed by atoms with Crippen LogP contribution in [0.2, 0.25) is 0 Å². The molecule has 1 aliphatic carbocycles. The van der Waals surface area contributed by atoms with Crippen LogP contribution in [0.5, 0.6) is 0 Å². The molecule has 96 valence electrons. The van der Waals surface area contributed by atoms with Gasteiger partial charge in [-0.1, -0.05) is 18.5 Å². The molecule has 0 amide bonds. The first-order valence-corrected chi connectivity index (χ1v) is 6.54. The molecule has 2 aromatic rings. The second-order valence-electron chi connectivity index (χ2n) is 4.93. The van der Waals surface area contributed by atoms with E-state index in [1.54, 1.807) is 0 Å². The molecule has 0 aromatic carbocycles. The Labute approximate surface area is 106 Å². The first kappa shape index (κ1) is 11.5. The van der Waals surface area contributed by atoms with Gasteiger partial charge in [-0.3, -0.25) is 0 Å². The lowest BCUT2D eigenvalue weighted by atomic mass is 10.1. The summed E-state index contributed by atoms with van der Waals surface area (Å²) < 4.78 is 7.52. The van der Waals surface area contributed by atoms with Gasteiger partial charge in [-0.2, -0.15) is 0 Å². The van der Waals surface area contributed by atoms with Crippen LogP contribution in [0.4, 0.5) is 0 Å². The molecule has 0 radical (unpaired) electrons. The van der Waals surface area contributed by atoms with Crippen LogP contribution in [-0.2, 0) is 0 Å². The van der Waals surface area contributed by atoms with Crippen LogP contribution in [0.15, 0.2) is 23.1 Å². The second-order valence-corrected chi connectivity index (χ2v) is 4.93. The predicted octanol–water partition coefficient (Wildman–Crippen LogP) is 2.67. The Bertz CT molecular complexity index is 527. The maximum atomic E-state index is 6.03. The van der Waals surface area contributed by atoms with Crippen molar-refractivity contribution in [2.24, 2.45) is 5.73 Å². The largest absolute Gasteiger partial charge is 0.359 e. The van der Waals surface area contributed by atoms with E-state index in [1.807, 2.05) is 18.6 Å². The number of aromatic nitrogens is 3. The van der Waals surface area contributed by atoms with Crippen LogP contribution < -0.4 is 5.73 Å². The van der Waals surface area contributed by atoms with Crippen molar-refractivity contribution in [1.29, 1.82) is 0 Å². The van der Waals surface area contributed by atoms with Crippen LogP contribution in [0, 0.1) is 0 Å². The van der Waals surface area contributed by atoms with Gasteiger partial charge in [0.2, 0.25) is 0 Å². The summed E-state index contributed by atoms with van der Waals surface area (Å²) in [6.45, 7) is 2.11. The summed E-state index contributed by atoms with van der Waals surface area (Å²) in [5, 5.41) is 4.12. The van der Waals surface area contributed by atoms with Crippen molar-refractivity contribution in [3.63, 3.8) is 0 Å². The Balaban J connectivity index is 1.85. The van der Waals surface area contributed by atoms with E-state index in [9.17, 15) is 0 Å². The van der Waals surface area contributed by atoms with Crippen molar-refractivity contribution in [3.05, 3.63) is 24.4 Å². The Morgan fingerprint density at radius 3 is 3.11 bits per heavy atom. The summed E-state index contributed by atoms with van der Waals surface area (Å²) in [6, 6.07) is 2.47. The average Bonchev–Trinajstić information content (AvgIpc) is 2.93. The highest BCUT2D eigenvalue weighted by Crippen LogP contribution is 2.38. The molecule has 18 heavy (non-hydrogen) atoms. The zero-order chi connectivity index (χ0) is 12.5. The smallest absolute Gasteiger partial charge is 0.154 e. The van der Waals surface area contributed by atoms with Crippen LogP contribution in [0.25, 0.3) is 11.4 Å². The van der Waals surface area contributed by atoms with E-state index >= 15 is 0 Å². The highest BCUT2D eigenvalue weighted by atomic mass is 16.5. The van der Waals surface area contributed by atoms with Gasteiger partial charge in [0.15, 0.2) is 5.76 Å². The maximum Gasteiger partial charge on any atom is 0.154 e. The zero-order valence-electron chi connectivity index (χ0n) is 10.5. The Kier molecular flexibility index (Phi) is 2.91. The van der Waals surface area contributed by atoms with Gasteiger partial charge >= 0.3 is 0 Å². The molecule has 3 rings (SSSR count). The van der Waals surface area contributed by atoms with Crippen molar-refractivity contribution in [2.75, 3.05) is 0 Å². The average molecular weight is 246 g/mol. The fourth-order valence-electron chi connectivity index (χ4n) is 2.18. The SMILES string of the molecule is CCCC(N)c1cc(-c2cncn2C2CC2)no1. The van der Waals surface area contributed by atoms with Gasteiger partial charge in [-0.05, 0) is 19.3 Å². The quantitative estimate of drug-likeness (QED) is 0.880. The van der Waals surface area contributed by atoms with E-state index in [0.717, 1.165) is 30.0 Å². The first-order valence-electron chi connectivity index (χ1n) is 6.54. The molecule has 0 aliphatic heterocycles. The van der Waals surface area contributed by atoms with Crippen molar-refractivity contribution in [2.45, 2.75) is 44.7 Å². The minimum absolute atomic E-state index is 0.0615. The third-order valence-electron chi connectivity index (χ3n) is 3.36. The van der Waals surface area contributed by atoms with Gasteiger partial charge in [-0.25, -0.2) is 4.98 Å². The number of hydrogen-bond donors (Lipinski definition) is 1. The van der Waals surface area contributed by atoms with Crippen molar-refractivity contribution >= 4 is 0 Å². The third kappa shape index (κ3) is 2.06. The Morgan fingerprint density at radius 1 is 1.56 bits per heavy atom. The number of nitrogens with two attached hydrogens (primary N) is 1. The molecule has 0 bridgehead atoms. The fourth-order valence-corrected chi connectivity index (χ4v) is 2.18. The lowest BCUT2D eigenvalue weighted by molar-refractivity contribution is 0.356. The molecule has 1 aliphatic rings. The molecule has 2 N–H and O–H groups in total. The molecule has 5 nitrogen and oxygen atoms in total. The first-order chi connectivity index (χ1) is 8.79. The van der Waals surface area contributed by atoms with E-state index in [1.165, 1.54) is 12.8 Å². The van der Waals surface area contributed by atoms with Crippen LogP contribution in [0.1, 0.15) is 50.5 Å². The molecule has 2 aromatic heterocycles. The van der Waals surface area contributed by atoms with Gasteiger partial charge in [0.05, 0.1) is 24.3 Å². The third-order valence-corrected chi connectivity index (χ3v) is 3.36.